The Morgan fingerprint density at radius 3 is 2.30 bits per heavy atom. The largest absolute Gasteiger partial charge is 0.419 e. The van der Waals surface area contributed by atoms with Crippen molar-refractivity contribution in [3.63, 3.8) is 0 Å². The van der Waals surface area contributed by atoms with Gasteiger partial charge in [0.05, 0.1) is 11.5 Å². The van der Waals surface area contributed by atoms with Gasteiger partial charge in [-0.1, -0.05) is 0 Å². The van der Waals surface area contributed by atoms with Crippen LogP contribution in [-0.2, 0) is 11.0 Å². The van der Waals surface area contributed by atoms with Gasteiger partial charge in [-0.05, 0) is 32.7 Å². The summed E-state index contributed by atoms with van der Waals surface area (Å²) in [5.41, 5.74) is 5.03. The first-order valence-corrected chi connectivity index (χ1v) is 10.2. The lowest BCUT2D eigenvalue weighted by molar-refractivity contribution is -0.139. The van der Waals surface area contributed by atoms with Gasteiger partial charge < -0.3 is 20.4 Å². The summed E-state index contributed by atoms with van der Waals surface area (Å²) in [5.74, 6) is 0.509. The van der Waals surface area contributed by atoms with Crippen LogP contribution in [0.2, 0.25) is 0 Å². The number of likely N-dealkylation sites (tertiary alicyclic amines) is 1. The Kier molecular flexibility index (Phi) is 6.78. The summed E-state index contributed by atoms with van der Waals surface area (Å²) < 4.78 is 38.2. The molecule has 4 atom stereocenters. The number of amides is 1. The summed E-state index contributed by atoms with van der Waals surface area (Å²) in [5, 5.41) is 0. The second-order valence-electron chi connectivity index (χ2n) is 8.53. The highest BCUT2D eigenvalue weighted by Gasteiger charge is 2.46. The maximum atomic E-state index is 13.2. The lowest BCUT2D eigenvalue weighted by Gasteiger charge is -2.42. The number of nitrogens with two attached hydrogens (primary N) is 1. The second-order valence-corrected chi connectivity index (χ2v) is 8.53. The summed E-state index contributed by atoms with van der Waals surface area (Å²) >= 11 is 0. The highest BCUT2D eigenvalue weighted by molar-refractivity contribution is 5.85. The van der Waals surface area contributed by atoms with Crippen molar-refractivity contribution in [2.75, 3.05) is 37.6 Å². The zero-order valence-electron chi connectivity index (χ0n) is 16.9. The molecule has 1 amide bonds. The van der Waals surface area contributed by atoms with Crippen molar-refractivity contribution in [3.05, 3.63) is 18.0 Å². The van der Waals surface area contributed by atoms with Crippen LogP contribution in [0.25, 0.3) is 0 Å². The van der Waals surface area contributed by atoms with Crippen molar-refractivity contribution in [2.24, 2.45) is 11.7 Å². The zero-order valence-corrected chi connectivity index (χ0v) is 17.7. The van der Waals surface area contributed by atoms with E-state index >= 15 is 0 Å². The van der Waals surface area contributed by atoms with E-state index in [1.807, 2.05) is 16.7 Å². The van der Waals surface area contributed by atoms with Crippen molar-refractivity contribution >= 4 is 24.3 Å². The number of hydrogen-bond donors (Lipinski definition) is 1. The van der Waals surface area contributed by atoms with Gasteiger partial charge in [0.15, 0.2) is 0 Å². The van der Waals surface area contributed by atoms with Crippen molar-refractivity contribution in [1.29, 1.82) is 0 Å². The highest BCUT2D eigenvalue weighted by atomic mass is 35.5. The number of carbonyl (C=O) groups excluding carboxylic acids is 1. The minimum Gasteiger partial charge on any atom is -0.337 e. The van der Waals surface area contributed by atoms with Gasteiger partial charge in [0.25, 0.3) is 0 Å². The number of piperazine rings is 1. The molecule has 1 aromatic heterocycles. The zero-order chi connectivity index (χ0) is 20.8. The monoisotopic (exact) mass is 448 g/mol. The van der Waals surface area contributed by atoms with E-state index in [4.69, 9.17) is 5.73 Å². The lowest BCUT2D eigenvalue weighted by Crippen LogP contribution is -2.57. The Morgan fingerprint density at radius 2 is 1.77 bits per heavy atom. The minimum atomic E-state index is -4.44. The maximum Gasteiger partial charge on any atom is 0.419 e. The Labute approximate surface area is 180 Å². The van der Waals surface area contributed by atoms with E-state index in [1.165, 1.54) is 0 Å². The fraction of sp³-hybridized carbons (Fsp3) is 0.737. The SMILES string of the molecule is C[C@H](N)CN1CC[C@@H](C(=O)N2C3CCC2CN(c2ncc(C(F)(F)F)cn2)C3)C1.Cl. The van der Waals surface area contributed by atoms with Gasteiger partial charge in [0.2, 0.25) is 11.9 Å². The maximum absolute atomic E-state index is 13.2. The van der Waals surface area contributed by atoms with E-state index in [0.717, 1.165) is 51.3 Å². The molecule has 0 aliphatic carbocycles. The van der Waals surface area contributed by atoms with E-state index < -0.39 is 11.7 Å². The molecule has 168 valence electrons. The molecule has 4 rings (SSSR count). The molecule has 7 nitrogen and oxygen atoms in total. The summed E-state index contributed by atoms with van der Waals surface area (Å²) in [6.45, 7) is 5.54. The third kappa shape index (κ3) is 4.65. The highest BCUT2D eigenvalue weighted by Crippen LogP contribution is 2.35. The molecule has 2 unspecified atom stereocenters. The minimum absolute atomic E-state index is 0. The molecule has 3 fully saturated rings. The van der Waals surface area contributed by atoms with Crippen LogP contribution >= 0.6 is 12.4 Å². The summed E-state index contributed by atoms with van der Waals surface area (Å²) in [6, 6.07) is 0.219. The molecule has 2 N–H and O–H groups in total. The average Bonchev–Trinajstić information content (AvgIpc) is 3.22. The number of halogens is 4. The van der Waals surface area contributed by atoms with Crippen molar-refractivity contribution < 1.29 is 18.0 Å². The molecule has 30 heavy (non-hydrogen) atoms. The smallest absolute Gasteiger partial charge is 0.337 e. The molecule has 0 saturated carbocycles. The normalized spacial score (nSPS) is 27.8. The molecule has 3 aliphatic rings. The first-order valence-electron chi connectivity index (χ1n) is 10.2. The van der Waals surface area contributed by atoms with Crippen LogP contribution in [0.3, 0.4) is 0 Å². The van der Waals surface area contributed by atoms with Crippen molar-refractivity contribution in [2.45, 2.75) is 50.5 Å². The third-order valence-electron chi connectivity index (χ3n) is 6.15. The average molecular weight is 449 g/mol. The molecule has 3 saturated heterocycles. The van der Waals surface area contributed by atoms with E-state index in [2.05, 4.69) is 14.9 Å². The number of carbonyl (C=O) groups is 1. The fourth-order valence-electron chi connectivity index (χ4n) is 4.88. The molecule has 0 spiro atoms. The topological polar surface area (TPSA) is 78.6 Å². The number of nitrogens with zero attached hydrogens (tertiary/aromatic N) is 5. The number of alkyl halides is 3. The van der Waals surface area contributed by atoms with Crippen LogP contribution in [0.15, 0.2) is 12.4 Å². The van der Waals surface area contributed by atoms with Gasteiger partial charge in [0, 0.05) is 56.7 Å². The molecule has 2 bridgehead atoms. The molecule has 1 aromatic rings. The van der Waals surface area contributed by atoms with Gasteiger partial charge in [0.1, 0.15) is 0 Å². The molecule has 0 radical (unpaired) electrons. The van der Waals surface area contributed by atoms with Crippen LogP contribution in [-0.4, -0.2) is 76.5 Å². The number of anilines is 1. The molecule has 3 aliphatic heterocycles. The summed E-state index contributed by atoms with van der Waals surface area (Å²) in [7, 11) is 0. The van der Waals surface area contributed by atoms with E-state index in [9.17, 15) is 18.0 Å². The van der Waals surface area contributed by atoms with Crippen molar-refractivity contribution in [3.8, 4) is 0 Å². The second kappa shape index (κ2) is 8.84. The lowest BCUT2D eigenvalue weighted by atomic mass is 10.0. The number of rotatable bonds is 4. The fourth-order valence-corrected chi connectivity index (χ4v) is 4.88. The first kappa shape index (κ1) is 23.0. The third-order valence-corrected chi connectivity index (χ3v) is 6.15. The van der Waals surface area contributed by atoms with Crippen LogP contribution in [0.4, 0.5) is 19.1 Å². The van der Waals surface area contributed by atoms with Crippen LogP contribution < -0.4 is 10.6 Å². The standard InChI is InChI=1S/C19H27F3N6O.ClH/c1-12(23)8-26-5-4-13(9-26)17(29)28-15-2-3-16(28)11-27(10-15)18-24-6-14(7-25-18)19(20,21)22;/h6-7,12-13,15-16H,2-5,8-11,23H2,1H3;1H/t12-,13+,15?,16?;/m0./s1. The Morgan fingerprint density at radius 1 is 1.17 bits per heavy atom. The predicted octanol–water partition coefficient (Wildman–Crippen LogP) is 1.77. The first-order chi connectivity index (χ1) is 13.7. The van der Waals surface area contributed by atoms with Gasteiger partial charge in [-0.15, -0.1) is 12.4 Å². The number of fused-ring (bicyclic) bond motifs is 2. The molecule has 11 heteroatoms. The van der Waals surface area contributed by atoms with Gasteiger partial charge in [-0.2, -0.15) is 13.2 Å². The van der Waals surface area contributed by atoms with E-state index in [0.29, 0.717) is 19.0 Å². The number of hydrogen-bond acceptors (Lipinski definition) is 6. The van der Waals surface area contributed by atoms with Gasteiger partial charge in [-0.3, -0.25) is 4.79 Å². The van der Waals surface area contributed by atoms with Crippen LogP contribution in [0.5, 0.6) is 0 Å². The van der Waals surface area contributed by atoms with E-state index in [-0.39, 0.29) is 42.4 Å². The van der Waals surface area contributed by atoms with Crippen LogP contribution in [0.1, 0.15) is 31.7 Å². The molecular weight excluding hydrogens is 421 g/mol. The molecule has 0 aromatic carbocycles. The molecular formula is C19H28ClF3N6O. The summed E-state index contributed by atoms with van der Waals surface area (Å²) in [6.07, 6.45) is -0.124. The van der Waals surface area contributed by atoms with Crippen molar-refractivity contribution in [1.82, 2.24) is 19.8 Å². The quantitative estimate of drug-likeness (QED) is 0.756. The Bertz CT molecular complexity index is 733. The predicted molar refractivity (Wildman–Crippen MR) is 108 cm³/mol. The van der Waals surface area contributed by atoms with E-state index in [1.54, 1.807) is 0 Å². The Balaban J connectivity index is 0.00000256. The van der Waals surface area contributed by atoms with Crippen LogP contribution in [0, 0.1) is 5.92 Å². The summed E-state index contributed by atoms with van der Waals surface area (Å²) in [4.78, 5) is 27.2. The Hall–Kier alpha value is -1.65. The van der Waals surface area contributed by atoms with Gasteiger partial charge in [-0.25, -0.2) is 9.97 Å². The molecule has 4 heterocycles. The number of aromatic nitrogens is 2. The van der Waals surface area contributed by atoms with Gasteiger partial charge >= 0.3 is 6.18 Å².